The van der Waals surface area contributed by atoms with Crippen LogP contribution in [0.2, 0.25) is 0 Å². The van der Waals surface area contributed by atoms with Crippen molar-refractivity contribution < 1.29 is 4.79 Å². The first-order chi connectivity index (χ1) is 12.3. The molecule has 2 aliphatic rings. The molecule has 0 spiro atoms. The van der Waals surface area contributed by atoms with E-state index < -0.39 is 0 Å². The van der Waals surface area contributed by atoms with Gasteiger partial charge in [0.2, 0.25) is 0 Å². The van der Waals surface area contributed by atoms with Gasteiger partial charge in [-0.2, -0.15) is 0 Å². The second-order valence-corrected chi connectivity index (χ2v) is 6.81. The minimum absolute atomic E-state index is 0.246. The van der Waals surface area contributed by atoms with Crippen molar-refractivity contribution in [2.45, 2.75) is 19.3 Å². The molecule has 0 radical (unpaired) electrons. The van der Waals surface area contributed by atoms with E-state index in [-0.39, 0.29) is 5.78 Å². The number of fused-ring (bicyclic) bond motifs is 5. The molecule has 5 rings (SSSR count). The van der Waals surface area contributed by atoms with Gasteiger partial charge < -0.3 is 0 Å². The van der Waals surface area contributed by atoms with Gasteiger partial charge in [-0.1, -0.05) is 72.8 Å². The lowest BCUT2D eigenvalue weighted by Gasteiger charge is -2.21. The Balaban J connectivity index is 1.73. The fourth-order valence-electron chi connectivity index (χ4n) is 4.10. The van der Waals surface area contributed by atoms with E-state index in [2.05, 4.69) is 54.6 Å². The van der Waals surface area contributed by atoms with Gasteiger partial charge in [0.05, 0.1) is 0 Å². The number of ketones is 1. The van der Waals surface area contributed by atoms with Crippen LogP contribution in [0.15, 0.2) is 60.7 Å². The summed E-state index contributed by atoms with van der Waals surface area (Å²) >= 11 is 0. The molecule has 0 N–H and O–H groups in total. The molecule has 3 aromatic rings. The number of hydrogen-bond acceptors (Lipinski definition) is 1. The molecular formula is C24H18O. The summed E-state index contributed by atoms with van der Waals surface area (Å²) in [5.41, 5.74) is 6.73. The van der Waals surface area contributed by atoms with Crippen LogP contribution in [0.4, 0.5) is 0 Å². The van der Waals surface area contributed by atoms with Crippen molar-refractivity contribution in [2.24, 2.45) is 0 Å². The van der Waals surface area contributed by atoms with Crippen LogP contribution >= 0.6 is 0 Å². The minimum atomic E-state index is 0.246. The normalized spacial score (nSPS) is 14.6. The molecule has 1 nitrogen and oxygen atoms in total. The topological polar surface area (TPSA) is 17.1 Å². The average Bonchev–Trinajstić information content (AvgIpc) is 2.68. The number of rotatable bonds is 1. The molecule has 3 aromatic carbocycles. The monoisotopic (exact) mass is 322 g/mol. The highest BCUT2D eigenvalue weighted by Crippen LogP contribution is 2.34. The van der Waals surface area contributed by atoms with E-state index in [0.717, 1.165) is 34.8 Å². The summed E-state index contributed by atoms with van der Waals surface area (Å²) in [6, 6.07) is 21.2. The van der Waals surface area contributed by atoms with Crippen molar-refractivity contribution >= 4 is 17.9 Å². The summed E-state index contributed by atoms with van der Waals surface area (Å²) in [6.07, 6.45) is 7.06. The first-order valence-corrected chi connectivity index (χ1v) is 8.86. The van der Waals surface area contributed by atoms with Crippen LogP contribution < -0.4 is 10.4 Å². The molecule has 2 aliphatic carbocycles. The Kier molecular flexibility index (Phi) is 3.21. The molecule has 25 heavy (non-hydrogen) atoms. The second kappa shape index (κ2) is 5.56. The largest absolute Gasteiger partial charge is 0.294 e. The van der Waals surface area contributed by atoms with Gasteiger partial charge >= 0.3 is 0 Å². The van der Waals surface area contributed by atoms with Gasteiger partial charge in [-0.25, -0.2) is 0 Å². The summed E-state index contributed by atoms with van der Waals surface area (Å²) in [4.78, 5) is 12.9. The van der Waals surface area contributed by atoms with Crippen LogP contribution in [-0.2, 0) is 6.42 Å². The molecule has 0 unspecified atom stereocenters. The van der Waals surface area contributed by atoms with Gasteiger partial charge in [0.1, 0.15) is 0 Å². The zero-order valence-corrected chi connectivity index (χ0v) is 14.0. The van der Waals surface area contributed by atoms with E-state index in [1.54, 1.807) is 0 Å². The first-order valence-electron chi connectivity index (χ1n) is 8.86. The molecule has 0 aliphatic heterocycles. The lowest BCUT2D eigenvalue weighted by Crippen LogP contribution is -2.35. The number of carbonyl (C=O) groups excluding carboxylic acids is 1. The number of carbonyl (C=O) groups is 1. The lowest BCUT2D eigenvalue weighted by molar-refractivity contribution is 0.0991. The van der Waals surface area contributed by atoms with E-state index in [4.69, 9.17) is 0 Å². The Morgan fingerprint density at radius 2 is 1.52 bits per heavy atom. The maximum Gasteiger partial charge on any atom is 0.168 e. The third-order valence-corrected chi connectivity index (χ3v) is 5.29. The van der Waals surface area contributed by atoms with E-state index >= 15 is 0 Å². The van der Waals surface area contributed by atoms with E-state index in [1.807, 2.05) is 18.2 Å². The zero-order chi connectivity index (χ0) is 16.8. The third kappa shape index (κ3) is 2.27. The van der Waals surface area contributed by atoms with Crippen molar-refractivity contribution in [1.29, 1.82) is 0 Å². The van der Waals surface area contributed by atoms with E-state index in [1.165, 1.54) is 21.9 Å². The molecule has 0 aromatic heterocycles. The first kappa shape index (κ1) is 14.4. The minimum Gasteiger partial charge on any atom is -0.294 e. The second-order valence-electron chi connectivity index (χ2n) is 6.81. The summed E-state index contributed by atoms with van der Waals surface area (Å²) in [5, 5.41) is 2.36. The van der Waals surface area contributed by atoms with Crippen LogP contribution in [-0.4, -0.2) is 5.78 Å². The van der Waals surface area contributed by atoms with Crippen LogP contribution in [0.5, 0.6) is 0 Å². The number of Topliss-reactive ketones (excluding diaryl/α,β-unsaturated/α-hetero) is 1. The fraction of sp³-hybridized carbons (Fsp3) is 0.125. The zero-order valence-electron chi connectivity index (χ0n) is 14.0. The van der Waals surface area contributed by atoms with Crippen LogP contribution in [0.25, 0.3) is 34.4 Å². The Bertz CT molecular complexity index is 1120. The Labute approximate surface area is 147 Å². The summed E-state index contributed by atoms with van der Waals surface area (Å²) in [5.74, 6) is 0.246. The molecule has 1 heteroatoms. The molecule has 0 fully saturated rings. The number of benzene rings is 3. The molecule has 0 saturated heterocycles. The molecular weight excluding hydrogens is 304 g/mol. The SMILES string of the molecule is O=C1Cc2cc(-c3ccccc3)ccc2-c2ccc3c(c21)=CCCC=3. The van der Waals surface area contributed by atoms with Crippen molar-refractivity contribution in [3.8, 4) is 22.3 Å². The maximum atomic E-state index is 12.9. The van der Waals surface area contributed by atoms with Crippen LogP contribution in [0.3, 0.4) is 0 Å². The van der Waals surface area contributed by atoms with Gasteiger partial charge in [0, 0.05) is 12.0 Å². The van der Waals surface area contributed by atoms with Crippen molar-refractivity contribution in [2.75, 3.05) is 0 Å². The van der Waals surface area contributed by atoms with E-state index in [9.17, 15) is 4.79 Å². The predicted octanol–water partition coefficient (Wildman–Crippen LogP) is 4.11. The molecule has 0 atom stereocenters. The van der Waals surface area contributed by atoms with Crippen molar-refractivity contribution in [3.63, 3.8) is 0 Å². The van der Waals surface area contributed by atoms with Crippen molar-refractivity contribution in [3.05, 3.63) is 82.2 Å². The standard InChI is InChI=1S/C24H18O/c25-23-15-19-14-18(16-6-2-1-3-7-16)11-12-20(19)22-13-10-17-8-4-5-9-21(17)24(22)23/h1-3,6-14H,4-5,15H2. The molecule has 0 saturated carbocycles. The quantitative estimate of drug-likeness (QED) is 0.659. The maximum absolute atomic E-state index is 12.9. The summed E-state index contributed by atoms with van der Waals surface area (Å²) in [7, 11) is 0. The molecule has 0 heterocycles. The molecule has 0 amide bonds. The third-order valence-electron chi connectivity index (χ3n) is 5.29. The highest BCUT2D eigenvalue weighted by atomic mass is 16.1. The van der Waals surface area contributed by atoms with Gasteiger partial charge in [0.15, 0.2) is 5.78 Å². The van der Waals surface area contributed by atoms with Crippen molar-refractivity contribution in [1.82, 2.24) is 0 Å². The summed E-state index contributed by atoms with van der Waals surface area (Å²) < 4.78 is 0. The van der Waals surface area contributed by atoms with Gasteiger partial charge in [0.25, 0.3) is 0 Å². The highest BCUT2D eigenvalue weighted by Gasteiger charge is 2.24. The smallest absolute Gasteiger partial charge is 0.168 e. The van der Waals surface area contributed by atoms with Crippen LogP contribution in [0, 0.1) is 0 Å². The Hall–Kier alpha value is -2.93. The molecule has 0 bridgehead atoms. The van der Waals surface area contributed by atoms with Gasteiger partial charge in [-0.15, -0.1) is 0 Å². The van der Waals surface area contributed by atoms with Gasteiger partial charge in [-0.05, 0) is 51.1 Å². The van der Waals surface area contributed by atoms with E-state index in [0.29, 0.717) is 6.42 Å². The fourth-order valence-corrected chi connectivity index (χ4v) is 4.10. The van der Waals surface area contributed by atoms with Gasteiger partial charge in [-0.3, -0.25) is 4.79 Å². The molecule has 120 valence electrons. The Morgan fingerprint density at radius 1 is 0.720 bits per heavy atom. The predicted molar refractivity (Wildman–Crippen MR) is 103 cm³/mol. The number of hydrogen-bond donors (Lipinski definition) is 0. The average molecular weight is 322 g/mol. The summed E-state index contributed by atoms with van der Waals surface area (Å²) in [6.45, 7) is 0. The highest BCUT2D eigenvalue weighted by molar-refractivity contribution is 6.08. The lowest BCUT2D eigenvalue weighted by atomic mass is 9.81. The van der Waals surface area contributed by atoms with Crippen LogP contribution in [0.1, 0.15) is 28.8 Å². The Morgan fingerprint density at radius 3 is 2.40 bits per heavy atom.